The van der Waals surface area contributed by atoms with E-state index in [-0.39, 0.29) is 49.2 Å². The lowest BCUT2D eigenvalue weighted by Gasteiger charge is -2.33. The van der Waals surface area contributed by atoms with E-state index in [1.165, 1.54) is 9.58 Å². The second kappa shape index (κ2) is 15.0. The topological polar surface area (TPSA) is 198 Å². The Bertz CT molecular complexity index is 2010. The quantitative estimate of drug-likeness (QED) is 0.306. The van der Waals surface area contributed by atoms with Crippen LogP contribution < -0.4 is 31.0 Å². The van der Waals surface area contributed by atoms with Crippen LogP contribution in [0.15, 0.2) is 41.2 Å². The highest BCUT2D eigenvalue weighted by Gasteiger charge is 2.62. The van der Waals surface area contributed by atoms with Crippen molar-refractivity contribution in [3.05, 3.63) is 46.8 Å². The Balaban J connectivity index is 1.37. The molecule has 2 aliphatic heterocycles. The van der Waals surface area contributed by atoms with E-state index in [1.54, 1.807) is 31.2 Å². The van der Waals surface area contributed by atoms with Gasteiger partial charge in [-0.05, 0) is 90.2 Å². The number of nitrogens with one attached hydrogen (secondary N) is 4. The maximum Gasteiger partial charge on any atom is 0.315 e. The minimum Gasteiger partial charge on any atom is -0.471 e. The minimum atomic E-state index is -3.91. The molecule has 5 amide bonds. The molecular weight excluding hydrogens is 715 g/mol. The van der Waals surface area contributed by atoms with Crippen LogP contribution in [0.3, 0.4) is 0 Å². The molecule has 0 radical (unpaired) electrons. The molecule has 4 N–H and O–H groups in total. The number of ether oxygens (including phenoxy) is 1. The van der Waals surface area contributed by atoms with Crippen molar-refractivity contribution in [2.24, 2.45) is 17.8 Å². The highest BCUT2D eigenvalue weighted by Crippen LogP contribution is 2.46. The lowest BCUT2D eigenvalue weighted by atomic mass is 9.88. The van der Waals surface area contributed by atoms with Crippen LogP contribution in [0.25, 0.3) is 10.8 Å². The first-order chi connectivity index (χ1) is 25.4. The van der Waals surface area contributed by atoms with Crippen molar-refractivity contribution in [1.29, 1.82) is 0 Å². The first-order valence-corrected chi connectivity index (χ1v) is 20.6. The number of fused-ring (bicyclic) bond motifs is 3. The number of aryl methyl sites for hydroxylation is 1. The fourth-order valence-electron chi connectivity index (χ4n) is 7.68. The van der Waals surface area contributed by atoms with Gasteiger partial charge in [0.2, 0.25) is 27.7 Å². The fourth-order valence-corrected chi connectivity index (χ4v) is 9.04. The molecule has 6 rings (SSSR count). The van der Waals surface area contributed by atoms with Crippen molar-refractivity contribution in [1.82, 2.24) is 35.4 Å². The summed E-state index contributed by atoms with van der Waals surface area (Å²) in [5, 5.41) is 13.4. The summed E-state index contributed by atoms with van der Waals surface area (Å²) >= 11 is 0. The SMILES string of the molecule is CCn1nc(O[C@@H]2C[C@H]3C(=O)N[C@]4(C(=O)NS(=O)(=O)C5CC5)C[C@H]4C=CCC[C@H](C)C[C@@H](C)[C@H](NC(=O)NC(C)(C)C)C(=O)N3C2)c2ccccc2c1=O. The zero-order valence-electron chi connectivity index (χ0n) is 31.9. The second-order valence-corrected chi connectivity index (χ2v) is 18.5. The summed E-state index contributed by atoms with van der Waals surface area (Å²) in [6.07, 6.45) is 6.23. The molecule has 2 saturated carbocycles. The van der Waals surface area contributed by atoms with Crippen molar-refractivity contribution in [3.8, 4) is 5.88 Å². The molecule has 15 nitrogen and oxygen atoms in total. The van der Waals surface area contributed by atoms with Gasteiger partial charge < -0.3 is 25.6 Å². The molecule has 0 unspecified atom stereocenters. The molecule has 54 heavy (non-hydrogen) atoms. The van der Waals surface area contributed by atoms with Gasteiger partial charge in [0.1, 0.15) is 23.7 Å². The second-order valence-electron chi connectivity index (χ2n) is 16.6. The molecule has 3 fully saturated rings. The van der Waals surface area contributed by atoms with E-state index >= 15 is 0 Å². The summed E-state index contributed by atoms with van der Waals surface area (Å²) in [5.41, 5.74) is -2.39. The Morgan fingerprint density at radius 1 is 1.06 bits per heavy atom. The zero-order valence-corrected chi connectivity index (χ0v) is 32.7. The number of nitrogens with zero attached hydrogens (tertiary/aromatic N) is 3. The predicted molar refractivity (Wildman–Crippen MR) is 202 cm³/mol. The molecule has 16 heteroatoms. The lowest BCUT2D eigenvalue weighted by molar-refractivity contribution is -0.142. The average molecular weight is 768 g/mol. The first kappa shape index (κ1) is 39.2. The van der Waals surface area contributed by atoms with Gasteiger partial charge in [-0.1, -0.05) is 38.1 Å². The van der Waals surface area contributed by atoms with Gasteiger partial charge >= 0.3 is 6.03 Å². The van der Waals surface area contributed by atoms with Gasteiger partial charge in [-0.25, -0.2) is 17.9 Å². The van der Waals surface area contributed by atoms with Crippen molar-refractivity contribution >= 4 is 44.5 Å². The third kappa shape index (κ3) is 8.42. The maximum atomic E-state index is 14.8. The molecule has 2 aliphatic carbocycles. The van der Waals surface area contributed by atoms with Crippen molar-refractivity contribution < 1.29 is 32.3 Å². The third-order valence-corrected chi connectivity index (χ3v) is 12.6. The predicted octanol–water partition coefficient (Wildman–Crippen LogP) is 2.73. The van der Waals surface area contributed by atoms with Crippen LogP contribution in [0.1, 0.15) is 86.5 Å². The smallest absolute Gasteiger partial charge is 0.315 e. The highest BCUT2D eigenvalue weighted by molar-refractivity contribution is 7.91. The average Bonchev–Trinajstić information content (AvgIpc) is 4.02. The van der Waals surface area contributed by atoms with E-state index in [0.717, 1.165) is 6.42 Å². The Morgan fingerprint density at radius 2 is 1.76 bits per heavy atom. The number of benzene rings is 1. The van der Waals surface area contributed by atoms with E-state index in [2.05, 4.69) is 32.7 Å². The Labute approximate surface area is 316 Å². The lowest BCUT2D eigenvalue weighted by Crippen LogP contribution is -2.60. The number of urea groups is 1. The van der Waals surface area contributed by atoms with Gasteiger partial charge in [0.05, 0.1) is 22.6 Å². The molecule has 1 aromatic carbocycles. The Hall–Kier alpha value is -4.47. The monoisotopic (exact) mass is 767 g/mol. The van der Waals surface area contributed by atoms with Crippen LogP contribution in [0.5, 0.6) is 5.88 Å². The number of amides is 5. The molecule has 1 saturated heterocycles. The molecule has 4 aliphatic rings. The van der Waals surface area contributed by atoms with Crippen molar-refractivity contribution in [2.75, 3.05) is 6.54 Å². The van der Waals surface area contributed by atoms with Crippen LogP contribution in [-0.2, 0) is 31.0 Å². The fraction of sp³-hybridized carbons (Fsp3) is 0.632. The molecule has 7 atom stereocenters. The van der Waals surface area contributed by atoms with E-state index < -0.39 is 74.2 Å². The number of hydrogen-bond acceptors (Lipinski definition) is 9. The highest BCUT2D eigenvalue weighted by atomic mass is 32.2. The Morgan fingerprint density at radius 3 is 2.43 bits per heavy atom. The number of carbonyl (C=O) groups excluding carboxylic acids is 4. The van der Waals surface area contributed by atoms with E-state index in [4.69, 9.17) is 4.74 Å². The van der Waals surface area contributed by atoms with Crippen LogP contribution in [-0.4, -0.2) is 87.9 Å². The molecule has 0 bridgehead atoms. The van der Waals surface area contributed by atoms with Crippen LogP contribution in [0.2, 0.25) is 0 Å². The number of rotatable bonds is 7. The van der Waals surface area contributed by atoms with Gasteiger partial charge in [-0.15, -0.1) is 5.10 Å². The standard InChI is InChI=1S/C38H53N7O8S/c1-7-45-33(47)28-15-11-10-14-27(28)32(42-45)53-25-19-29-31(46)40-38(35(49)43-54(51,52)26-16-17-26)20-24(38)13-9-8-12-22(2)18-23(3)30(34(48)44(29)21-25)39-36(50)41-37(4,5)6/h9-11,13-15,22-26,29-30H,7-8,12,16-21H2,1-6H3,(H,40,46)(H,43,49)(H2,39,41,50)/t22-,23+,24+,25+,29-,30-,38+/m0/s1. The van der Waals surface area contributed by atoms with E-state index in [0.29, 0.717) is 36.5 Å². The van der Waals surface area contributed by atoms with E-state index in [9.17, 15) is 32.4 Å². The molecule has 294 valence electrons. The van der Waals surface area contributed by atoms with Gasteiger partial charge in [0.15, 0.2) is 0 Å². The van der Waals surface area contributed by atoms with Gasteiger partial charge in [-0.2, -0.15) is 0 Å². The molecule has 0 spiro atoms. The summed E-state index contributed by atoms with van der Waals surface area (Å²) in [7, 11) is -3.91. The summed E-state index contributed by atoms with van der Waals surface area (Å²) in [6, 6.07) is 4.23. The Kier molecular flexibility index (Phi) is 10.9. The number of sulfonamides is 1. The minimum absolute atomic E-state index is 0.00308. The van der Waals surface area contributed by atoms with Gasteiger partial charge in [-0.3, -0.25) is 23.9 Å². The summed E-state index contributed by atoms with van der Waals surface area (Å²) in [4.78, 5) is 70.7. The maximum absolute atomic E-state index is 14.8. The molecular formula is C38H53N7O8S. The van der Waals surface area contributed by atoms with Crippen molar-refractivity contribution in [2.45, 2.75) is 128 Å². The normalized spacial score (nSPS) is 29.3. The van der Waals surface area contributed by atoms with E-state index in [1.807, 2.05) is 39.8 Å². The first-order valence-electron chi connectivity index (χ1n) is 19.0. The van der Waals surface area contributed by atoms with Gasteiger partial charge in [0.25, 0.3) is 11.5 Å². The third-order valence-electron chi connectivity index (χ3n) is 10.8. The van der Waals surface area contributed by atoms with Crippen LogP contribution >= 0.6 is 0 Å². The number of hydrogen-bond donors (Lipinski definition) is 4. The zero-order chi connectivity index (χ0) is 39.2. The molecule has 2 aromatic rings. The number of aromatic nitrogens is 2. The van der Waals surface area contributed by atoms with Crippen LogP contribution in [0, 0.1) is 17.8 Å². The summed E-state index contributed by atoms with van der Waals surface area (Å²) in [6.45, 7) is 11.5. The largest absolute Gasteiger partial charge is 0.471 e. The summed E-state index contributed by atoms with van der Waals surface area (Å²) in [5.74, 6) is -2.38. The van der Waals surface area contributed by atoms with Crippen molar-refractivity contribution in [3.63, 3.8) is 0 Å². The van der Waals surface area contributed by atoms with Crippen LogP contribution in [0.4, 0.5) is 4.79 Å². The molecule has 3 heterocycles. The van der Waals surface area contributed by atoms with Gasteiger partial charge in [0, 0.05) is 24.4 Å². The number of allylic oxidation sites excluding steroid dienone is 1. The summed E-state index contributed by atoms with van der Waals surface area (Å²) < 4.78 is 35.7. The number of carbonyl (C=O) groups is 4. The molecule has 1 aromatic heterocycles.